The van der Waals surface area contributed by atoms with Crippen LogP contribution in [0.2, 0.25) is 0 Å². The molecule has 0 unspecified atom stereocenters. The van der Waals surface area contributed by atoms with E-state index in [1.54, 1.807) is 12.1 Å². The van der Waals surface area contributed by atoms with Crippen molar-refractivity contribution in [3.63, 3.8) is 0 Å². The third-order valence-corrected chi connectivity index (χ3v) is 2.18. The van der Waals surface area contributed by atoms with Crippen molar-refractivity contribution >= 4 is 5.91 Å². The summed E-state index contributed by atoms with van der Waals surface area (Å²) in [4.78, 5) is 16.1. The van der Waals surface area contributed by atoms with Gasteiger partial charge in [0.25, 0.3) is 0 Å². The van der Waals surface area contributed by atoms with Gasteiger partial charge in [-0.25, -0.2) is 5.06 Å². The third-order valence-electron chi connectivity index (χ3n) is 2.18. The number of nitrogens with zero attached hydrogens (tertiary/aromatic N) is 1. The first-order valence-corrected chi connectivity index (χ1v) is 4.69. The number of hydroxylamine groups is 2. The Morgan fingerprint density at radius 2 is 2.07 bits per heavy atom. The van der Waals surface area contributed by atoms with Gasteiger partial charge in [0.05, 0.1) is 19.6 Å². The van der Waals surface area contributed by atoms with Gasteiger partial charge in [0.2, 0.25) is 5.91 Å². The van der Waals surface area contributed by atoms with Gasteiger partial charge in [0.1, 0.15) is 0 Å². The van der Waals surface area contributed by atoms with Gasteiger partial charge in [-0.2, -0.15) is 0 Å². The summed E-state index contributed by atoms with van der Waals surface area (Å²) >= 11 is 0. The van der Waals surface area contributed by atoms with Gasteiger partial charge >= 0.3 is 0 Å². The van der Waals surface area contributed by atoms with Gasteiger partial charge in [0, 0.05) is 7.05 Å². The second-order valence-corrected chi connectivity index (χ2v) is 3.20. The predicted octanol–water partition coefficient (Wildman–Crippen LogP) is 1.13. The molecule has 0 aliphatic carbocycles. The number of aliphatic hydroxyl groups excluding tert-OH is 1. The maximum Gasteiger partial charge on any atom is 0.248 e. The fraction of sp³-hybridized carbons (Fsp3) is 0.364. The van der Waals surface area contributed by atoms with Crippen LogP contribution in [0.4, 0.5) is 0 Å². The number of carbonyl (C=O) groups is 1. The molecule has 1 aromatic carbocycles. The molecule has 1 rings (SSSR count). The monoisotopic (exact) mass is 209 g/mol. The Hall–Kier alpha value is -1.39. The molecule has 0 aliphatic rings. The van der Waals surface area contributed by atoms with Crippen LogP contribution in [0.3, 0.4) is 0 Å². The van der Waals surface area contributed by atoms with Crippen LogP contribution >= 0.6 is 0 Å². The summed E-state index contributed by atoms with van der Waals surface area (Å²) in [6.07, 6.45) is -0.759. The summed E-state index contributed by atoms with van der Waals surface area (Å²) in [7, 11) is 2.92. The summed E-state index contributed by atoms with van der Waals surface area (Å²) in [6, 6.07) is 9.07. The molecule has 0 spiro atoms. The number of hydrogen-bond acceptors (Lipinski definition) is 3. The Morgan fingerprint density at radius 3 is 2.60 bits per heavy atom. The highest BCUT2D eigenvalue weighted by Gasteiger charge is 2.15. The molecule has 1 atom stereocenters. The minimum Gasteiger partial charge on any atom is -0.388 e. The highest BCUT2D eigenvalue weighted by Crippen LogP contribution is 2.16. The Labute approximate surface area is 89.0 Å². The van der Waals surface area contributed by atoms with Crippen molar-refractivity contribution in [1.29, 1.82) is 0 Å². The number of carbonyl (C=O) groups excluding carboxylic acids is 1. The first-order chi connectivity index (χ1) is 7.15. The van der Waals surface area contributed by atoms with Gasteiger partial charge in [-0.15, -0.1) is 0 Å². The molecule has 4 heteroatoms. The molecule has 1 N–H and O–H groups in total. The van der Waals surface area contributed by atoms with Crippen molar-refractivity contribution in [2.24, 2.45) is 0 Å². The van der Waals surface area contributed by atoms with Crippen molar-refractivity contribution < 1.29 is 14.7 Å². The third kappa shape index (κ3) is 3.34. The fourth-order valence-electron chi connectivity index (χ4n) is 1.19. The van der Waals surface area contributed by atoms with Gasteiger partial charge in [-0.05, 0) is 5.56 Å². The van der Waals surface area contributed by atoms with E-state index in [0.717, 1.165) is 10.6 Å². The van der Waals surface area contributed by atoms with E-state index in [1.807, 2.05) is 18.2 Å². The van der Waals surface area contributed by atoms with Gasteiger partial charge < -0.3 is 5.11 Å². The van der Waals surface area contributed by atoms with Crippen LogP contribution in [0.15, 0.2) is 30.3 Å². The van der Waals surface area contributed by atoms with Gasteiger partial charge in [-0.1, -0.05) is 30.3 Å². The summed E-state index contributed by atoms with van der Waals surface area (Å²) in [6.45, 7) is 0. The number of rotatable bonds is 4. The van der Waals surface area contributed by atoms with Crippen molar-refractivity contribution in [1.82, 2.24) is 5.06 Å². The summed E-state index contributed by atoms with van der Waals surface area (Å²) in [5.74, 6) is -0.256. The van der Waals surface area contributed by atoms with E-state index in [4.69, 9.17) is 4.84 Å². The van der Waals surface area contributed by atoms with E-state index in [0.29, 0.717) is 0 Å². The highest BCUT2D eigenvalue weighted by atomic mass is 16.7. The SMILES string of the molecule is CON(C)C(=O)C[C@H](O)c1ccccc1. The topological polar surface area (TPSA) is 49.8 Å². The number of amides is 1. The van der Waals surface area contributed by atoms with Crippen LogP contribution in [0, 0.1) is 0 Å². The van der Waals surface area contributed by atoms with Crippen molar-refractivity contribution in [3.8, 4) is 0 Å². The molecule has 4 nitrogen and oxygen atoms in total. The normalized spacial score (nSPS) is 12.2. The Morgan fingerprint density at radius 1 is 1.47 bits per heavy atom. The minimum absolute atomic E-state index is 0.0222. The molecule has 0 aromatic heterocycles. The maximum atomic E-state index is 11.4. The standard InChI is InChI=1S/C11H15NO3/c1-12(15-2)11(14)8-10(13)9-6-4-3-5-7-9/h3-7,10,13H,8H2,1-2H3/t10-/m0/s1. The minimum atomic E-state index is -0.781. The molecule has 0 saturated carbocycles. The molecule has 0 aliphatic heterocycles. The van der Waals surface area contributed by atoms with E-state index in [1.165, 1.54) is 14.2 Å². The zero-order valence-corrected chi connectivity index (χ0v) is 8.88. The molecule has 15 heavy (non-hydrogen) atoms. The smallest absolute Gasteiger partial charge is 0.248 e. The number of hydrogen-bond donors (Lipinski definition) is 1. The summed E-state index contributed by atoms with van der Waals surface area (Å²) < 4.78 is 0. The zero-order chi connectivity index (χ0) is 11.3. The molecular weight excluding hydrogens is 194 g/mol. The van der Waals surface area contributed by atoms with Crippen LogP contribution in [-0.4, -0.2) is 30.2 Å². The fourth-order valence-corrected chi connectivity index (χ4v) is 1.19. The molecule has 0 fully saturated rings. The summed E-state index contributed by atoms with van der Waals surface area (Å²) in [5, 5.41) is 10.8. The van der Waals surface area contributed by atoms with Crippen LogP contribution in [0.25, 0.3) is 0 Å². The lowest BCUT2D eigenvalue weighted by Gasteiger charge is -2.16. The van der Waals surface area contributed by atoms with E-state index in [2.05, 4.69) is 0 Å². The average molecular weight is 209 g/mol. The zero-order valence-electron chi connectivity index (χ0n) is 8.88. The van der Waals surface area contributed by atoms with Crippen LogP contribution in [0.1, 0.15) is 18.1 Å². The van der Waals surface area contributed by atoms with Crippen LogP contribution in [0.5, 0.6) is 0 Å². The molecule has 0 heterocycles. The molecular formula is C11H15NO3. The number of aliphatic hydroxyl groups is 1. The molecule has 82 valence electrons. The Balaban J connectivity index is 2.56. The lowest BCUT2D eigenvalue weighted by atomic mass is 10.1. The molecule has 1 amide bonds. The van der Waals surface area contributed by atoms with Crippen molar-refractivity contribution in [2.45, 2.75) is 12.5 Å². The Kier molecular flexibility index (Phi) is 4.27. The first kappa shape index (κ1) is 11.7. The van der Waals surface area contributed by atoms with Crippen molar-refractivity contribution in [3.05, 3.63) is 35.9 Å². The molecule has 0 bridgehead atoms. The van der Waals surface area contributed by atoms with Crippen molar-refractivity contribution in [2.75, 3.05) is 14.2 Å². The highest BCUT2D eigenvalue weighted by molar-refractivity contribution is 5.75. The maximum absolute atomic E-state index is 11.4. The second kappa shape index (κ2) is 5.48. The molecule has 1 aromatic rings. The van der Waals surface area contributed by atoms with Crippen LogP contribution < -0.4 is 0 Å². The lowest BCUT2D eigenvalue weighted by molar-refractivity contribution is -0.170. The Bertz CT molecular complexity index is 313. The largest absolute Gasteiger partial charge is 0.388 e. The van der Waals surface area contributed by atoms with Gasteiger partial charge in [0.15, 0.2) is 0 Å². The second-order valence-electron chi connectivity index (χ2n) is 3.20. The van der Waals surface area contributed by atoms with E-state index >= 15 is 0 Å². The number of benzene rings is 1. The van der Waals surface area contributed by atoms with Crippen LogP contribution in [-0.2, 0) is 9.63 Å². The average Bonchev–Trinajstić information content (AvgIpc) is 2.29. The first-order valence-electron chi connectivity index (χ1n) is 4.69. The lowest BCUT2D eigenvalue weighted by Crippen LogP contribution is -2.26. The molecule has 0 radical (unpaired) electrons. The van der Waals surface area contributed by atoms with Gasteiger partial charge in [-0.3, -0.25) is 9.63 Å². The predicted molar refractivity (Wildman–Crippen MR) is 55.8 cm³/mol. The van der Waals surface area contributed by atoms with E-state index < -0.39 is 6.10 Å². The quantitative estimate of drug-likeness (QED) is 0.756. The van der Waals surface area contributed by atoms with E-state index in [-0.39, 0.29) is 12.3 Å². The van der Waals surface area contributed by atoms with E-state index in [9.17, 15) is 9.90 Å². The summed E-state index contributed by atoms with van der Waals surface area (Å²) in [5.41, 5.74) is 0.732. The molecule has 0 saturated heterocycles.